The Bertz CT molecular complexity index is 2890. The molecular formula is C51H35N. The fourth-order valence-corrected chi connectivity index (χ4v) is 9.70. The topological polar surface area (TPSA) is 3.24 Å². The van der Waals surface area contributed by atoms with E-state index >= 15 is 0 Å². The van der Waals surface area contributed by atoms with Gasteiger partial charge in [0.05, 0.1) is 11.1 Å². The van der Waals surface area contributed by atoms with Crippen LogP contribution in [0.2, 0.25) is 0 Å². The molecule has 0 amide bonds. The minimum atomic E-state index is -0.522. The maximum atomic E-state index is 2.56. The highest BCUT2D eigenvalue weighted by Gasteiger charge is 2.53. The number of anilines is 3. The van der Waals surface area contributed by atoms with Gasteiger partial charge < -0.3 is 4.90 Å². The van der Waals surface area contributed by atoms with Crippen LogP contribution in [0.5, 0.6) is 0 Å². The quantitative estimate of drug-likeness (QED) is 0.170. The third kappa shape index (κ3) is 3.72. The smallest absolute Gasteiger partial charge is 0.0732 e. The van der Waals surface area contributed by atoms with E-state index in [2.05, 4.69) is 195 Å². The van der Waals surface area contributed by atoms with Crippen molar-refractivity contribution in [2.75, 3.05) is 4.90 Å². The highest BCUT2D eigenvalue weighted by Crippen LogP contribution is 2.67. The SMILES string of the molecule is Cc1ccc(N(c2ccccc2)c2cc3c(c4ccccc24)-c2c(c4ccccc4c4ccccc24)C32c3ccccc3-c3ccccc32)cc1C. The second-order valence-corrected chi connectivity index (χ2v) is 14.5. The van der Waals surface area contributed by atoms with Crippen molar-refractivity contribution < 1.29 is 0 Å². The van der Waals surface area contributed by atoms with E-state index in [-0.39, 0.29) is 0 Å². The highest BCUT2D eigenvalue weighted by atomic mass is 15.1. The van der Waals surface area contributed by atoms with Crippen LogP contribution in [0.4, 0.5) is 17.1 Å². The average molecular weight is 662 g/mol. The zero-order valence-corrected chi connectivity index (χ0v) is 29.2. The van der Waals surface area contributed by atoms with Crippen molar-refractivity contribution in [2.24, 2.45) is 0 Å². The summed E-state index contributed by atoms with van der Waals surface area (Å²) >= 11 is 0. The molecule has 0 N–H and O–H groups in total. The van der Waals surface area contributed by atoms with Crippen LogP contribution in [0.25, 0.3) is 54.6 Å². The summed E-state index contributed by atoms with van der Waals surface area (Å²) in [5, 5.41) is 7.75. The summed E-state index contributed by atoms with van der Waals surface area (Å²) in [7, 11) is 0. The molecule has 0 aliphatic heterocycles. The lowest BCUT2D eigenvalue weighted by molar-refractivity contribution is 0.802. The number of nitrogens with zero attached hydrogens (tertiary/aromatic N) is 1. The van der Waals surface area contributed by atoms with E-state index in [1.807, 2.05) is 0 Å². The summed E-state index contributed by atoms with van der Waals surface area (Å²) in [6.07, 6.45) is 0. The first kappa shape index (κ1) is 29.3. The molecular weight excluding hydrogens is 627 g/mol. The third-order valence-electron chi connectivity index (χ3n) is 11.9. The summed E-state index contributed by atoms with van der Waals surface area (Å²) in [4.78, 5) is 2.48. The number of aryl methyl sites for hydroxylation is 2. The molecule has 0 atom stereocenters. The van der Waals surface area contributed by atoms with Crippen LogP contribution < -0.4 is 4.90 Å². The molecule has 1 heteroatoms. The normalized spacial score (nSPS) is 13.3. The van der Waals surface area contributed by atoms with E-state index < -0.39 is 5.41 Å². The maximum absolute atomic E-state index is 2.56. The van der Waals surface area contributed by atoms with Gasteiger partial charge in [-0.2, -0.15) is 0 Å². The monoisotopic (exact) mass is 661 g/mol. The number of fused-ring (bicyclic) bond motifs is 17. The summed E-state index contributed by atoms with van der Waals surface area (Å²) in [6, 6.07) is 65.9. The summed E-state index contributed by atoms with van der Waals surface area (Å²) in [6.45, 7) is 4.42. The lowest BCUT2D eigenvalue weighted by Gasteiger charge is -2.33. The van der Waals surface area contributed by atoms with E-state index in [1.54, 1.807) is 0 Å². The van der Waals surface area contributed by atoms with Crippen molar-refractivity contribution in [1.29, 1.82) is 0 Å². The van der Waals surface area contributed by atoms with Gasteiger partial charge in [0.1, 0.15) is 0 Å². The van der Waals surface area contributed by atoms with Crippen LogP contribution in [0.15, 0.2) is 176 Å². The molecule has 1 nitrogen and oxygen atoms in total. The van der Waals surface area contributed by atoms with E-state index in [9.17, 15) is 0 Å². The van der Waals surface area contributed by atoms with Crippen molar-refractivity contribution >= 4 is 49.4 Å². The van der Waals surface area contributed by atoms with Crippen LogP contribution in [-0.4, -0.2) is 0 Å². The van der Waals surface area contributed by atoms with Crippen molar-refractivity contribution in [3.63, 3.8) is 0 Å². The standard InChI is InChI=1S/C51H35N/c1-32-28-29-35(30-33(32)2)52(34-16-4-3-5-17-34)47-31-46-48(42-24-10-8-22-40(42)47)49-41-23-9-6-18-36(41)37-19-7-11-25-43(37)50(49)51(46)44-26-14-12-20-38(44)39-21-13-15-27-45(39)51/h3-31H,1-2H3. The first-order chi connectivity index (χ1) is 25.7. The van der Waals surface area contributed by atoms with Gasteiger partial charge in [0.25, 0.3) is 0 Å². The van der Waals surface area contributed by atoms with Crippen LogP contribution in [0.1, 0.15) is 33.4 Å². The second kappa shape index (κ2) is 10.8. The van der Waals surface area contributed by atoms with E-state index in [0.29, 0.717) is 0 Å². The molecule has 0 aromatic heterocycles. The van der Waals surface area contributed by atoms with Gasteiger partial charge in [0.15, 0.2) is 0 Å². The van der Waals surface area contributed by atoms with Crippen LogP contribution in [0, 0.1) is 13.8 Å². The fourth-order valence-electron chi connectivity index (χ4n) is 9.70. The largest absolute Gasteiger partial charge is 0.310 e. The van der Waals surface area contributed by atoms with Crippen LogP contribution in [-0.2, 0) is 5.41 Å². The molecule has 52 heavy (non-hydrogen) atoms. The Balaban J connectivity index is 1.39. The number of para-hydroxylation sites is 1. The molecule has 0 saturated heterocycles. The predicted octanol–water partition coefficient (Wildman–Crippen LogP) is 13.6. The summed E-state index contributed by atoms with van der Waals surface area (Å²) in [5.41, 5.74) is 16.3. The Morgan fingerprint density at radius 3 is 1.54 bits per heavy atom. The van der Waals surface area contributed by atoms with E-state index in [0.717, 1.165) is 11.4 Å². The zero-order valence-electron chi connectivity index (χ0n) is 29.2. The van der Waals surface area contributed by atoms with Gasteiger partial charge in [-0.1, -0.05) is 146 Å². The number of hydrogen-bond donors (Lipinski definition) is 0. The first-order valence-electron chi connectivity index (χ1n) is 18.3. The van der Waals surface area contributed by atoms with Gasteiger partial charge in [-0.25, -0.2) is 0 Å². The summed E-state index contributed by atoms with van der Waals surface area (Å²) < 4.78 is 0. The Morgan fingerprint density at radius 1 is 0.365 bits per heavy atom. The van der Waals surface area contributed by atoms with Crippen molar-refractivity contribution in [3.05, 3.63) is 209 Å². The molecule has 1 spiro atoms. The minimum Gasteiger partial charge on any atom is -0.310 e. The third-order valence-corrected chi connectivity index (χ3v) is 11.9. The lowest BCUT2D eigenvalue weighted by Crippen LogP contribution is -2.26. The van der Waals surface area contributed by atoms with Crippen molar-refractivity contribution in [3.8, 4) is 22.3 Å². The predicted molar refractivity (Wildman–Crippen MR) is 219 cm³/mol. The molecule has 2 aliphatic rings. The maximum Gasteiger partial charge on any atom is 0.0732 e. The van der Waals surface area contributed by atoms with Gasteiger partial charge in [-0.05, 0) is 127 Å². The zero-order chi connectivity index (χ0) is 34.6. The van der Waals surface area contributed by atoms with E-state index in [1.165, 1.54) is 93.6 Å². The van der Waals surface area contributed by atoms with Gasteiger partial charge in [0.2, 0.25) is 0 Å². The van der Waals surface area contributed by atoms with Gasteiger partial charge >= 0.3 is 0 Å². The number of hydrogen-bond acceptors (Lipinski definition) is 1. The molecule has 9 aromatic carbocycles. The van der Waals surface area contributed by atoms with Gasteiger partial charge in [0, 0.05) is 16.8 Å². The molecule has 0 bridgehead atoms. The van der Waals surface area contributed by atoms with E-state index in [4.69, 9.17) is 0 Å². The van der Waals surface area contributed by atoms with Crippen molar-refractivity contribution in [2.45, 2.75) is 19.3 Å². The molecule has 9 aromatic rings. The van der Waals surface area contributed by atoms with Gasteiger partial charge in [-0.15, -0.1) is 0 Å². The Hall–Kier alpha value is -6.44. The number of rotatable bonds is 3. The molecule has 2 aliphatic carbocycles. The average Bonchev–Trinajstić information content (AvgIpc) is 3.68. The molecule has 0 saturated carbocycles. The molecule has 0 radical (unpaired) electrons. The van der Waals surface area contributed by atoms with Crippen molar-refractivity contribution in [1.82, 2.24) is 0 Å². The Labute approximate surface area is 304 Å². The summed E-state index contributed by atoms with van der Waals surface area (Å²) in [5.74, 6) is 0. The lowest BCUT2D eigenvalue weighted by atomic mass is 9.69. The number of benzene rings is 9. The minimum absolute atomic E-state index is 0.522. The molecule has 244 valence electrons. The first-order valence-corrected chi connectivity index (χ1v) is 18.3. The molecule has 0 heterocycles. The highest BCUT2D eigenvalue weighted by molar-refractivity contribution is 6.24. The molecule has 0 fully saturated rings. The molecule has 0 unspecified atom stereocenters. The van der Waals surface area contributed by atoms with Gasteiger partial charge in [-0.3, -0.25) is 0 Å². The Morgan fingerprint density at radius 2 is 0.885 bits per heavy atom. The fraction of sp³-hybridized carbons (Fsp3) is 0.0588. The van der Waals surface area contributed by atoms with Crippen LogP contribution >= 0.6 is 0 Å². The Kier molecular flexibility index (Phi) is 6.08. The molecule has 11 rings (SSSR count). The van der Waals surface area contributed by atoms with Crippen LogP contribution in [0.3, 0.4) is 0 Å². The second-order valence-electron chi connectivity index (χ2n) is 14.5.